The Morgan fingerprint density at radius 3 is 2.85 bits per heavy atom. The highest BCUT2D eigenvalue weighted by atomic mass is 32.1. The van der Waals surface area contributed by atoms with E-state index in [0.717, 1.165) is 59.5 Å². The third-order valence-electron chi connectivity index (χ3n) is 5.12. The molecular weight excluding hydrogens is 362 g/mol. The van der Waals surface area contributed by atoms with E-state index in [-0.39, 0.29) is 5.91 Å². The number of carbonyl (C=O) groups is 1. The van der Waals surface area contributed by atoms with Crippen molar-refractivity contribution < 1.29 is 9.53 Å². The highest BCUT2D eigenvalue weighted by Gasteiger charge is 2.26. The zero-order valence-corrected chi connectivity index (χ0v) is 16.4. The molecule has 142 valence electrons. The van der Waals surface area contributed by atoms with Crippen LogP contribution in [0, 0.1) is 6.92 Å². The number of likely N-dealkylation sites (tertiary alicyclic amines) is 1. The van der Waals surface area contributed by atoms with Crippen molar-refractivity contribution in [2.75, 3.05) is 20.2 Å². The van der Waals surface area contributed by atoms with E-state index < -0.39 is 0 Å². The molecule has 2 aromatic heterocycles. The molecule has 1 amide bonds. The number of benzene rings is 1. The zero-order valence-electron chi connectivity index (χ0n) is 15.6. The standard InChI is InChI=1S/C19H23N5O2S/c1-13-20-21-19-24(13)22-18(27-19)15-8-10-23(11-9-15)17(25)7-6-14-4-3-5-16(12-14)26-2/h3-5,12,15H,6-11H2,1-2H3. The predicted molar refractivity (Wildman–Crippen MR) is 103 cm³/mol. The maximum absolute atomic E-state index is 12.6. The lowest BCUT2D eigenvalue weighted by molar-refractivity contribution is -0.132. The summed E-state index contributed by atoms with van der Waals surface area (Å²) >= 11 is 1.61. The number of nitrogens with zero attached hydrogens (tertiary/aromatic N) is 5. The van der Waals surface area contributed by atoms with Gasteiger partial charge in [-0.3, -0.25) is 4.79 Å². The van der Waals surface area contributed by atoms with E-state index in [9.17, 15) is 4.79 Å². The second-order valence-corrected chi connectivity index (χ2v) is 7.88. The van der Waals surface area contributed by atoms with Gasteiger partial charge in [0.15, 0.2) is 5.82 Å². The molecule has 0 N–H and O–H groups in total. The smallest absolute Gasteiger partial charge is 0.234 e. The molecule has 0 radical (unpaired) electrons. The molecule has 3 heterocycles. The minimum Gasteiger partial charge on any atom is -0.497 e. The molecule has 4 rings (SSSR count). The van der Waals surface area contributed by atoms with Gasteiger partial charge in [-0.05, 0) is 43.9 Å². The van der Waals surface area contributed by atoms with Crippen LogP contribution in [0.2, 0.25) is 0 Å². The Bertz CT molecular complexity index is 943. The van der Waals surface area contributed by atoms with Crippen molar-refractivity contribution in [3.8, 4) is 5.75 Å². The predicted octanol–water partition coefficient (Wildman–Crippen LogP) is 2.84. The SMILES string of the molecule is COc1cccc(CCC(=O)N2CCC(c3nn4c(C)nnc4s3)CC2)c1. The molecule has 0 unspecified atom stereocenters. The van der Waals surface area contributed by atoms with Gasteiger partial charge in [-0.1, -0.05) is 23.5 Å². The van der Waals surface area contributed by atoms with E-state index in [1.807, 2.05) is 40.6 Å². The van der Waals surface area contributed by atoms with Crippen LogP contribution < -0.4 is 4.74 Å². The molecule has 1 saturated heterocycles. The quantitative estimate of drug-likeness (QED) is 0.675. The van der Waals surface area contributed by atoms with Crippen LogP contribution in [0.4, 0.5) is 0 Å². The maximum atomic E-state index is 12.6. The second kappa shape index (κ2) is 7.64. The van der Waals surface area contributed by atoms with Crippen LogP contribution in [0.3, 0.4) is 0 Å². The number of amides is 1. The van der Waals surface area contributed by atoms with Crippen molar-refractivity contribution in [2.24, 2.45) is 0 Å². The number of carbonyl (C=O) groups excluding carboxylic acids is 1. The van der Waals surface area contributed by atoms with E-state index in [4.69, 9.17) is 4.74 Å². The van der Waals surface area contributed by atoms with Crippen LogP contribution in [0.15, 0.2) is 24.3 Å². The number of hydrogen-bond acceptors (Lipinski definition) is 6. The number of aromatic nitrogens is 4. The van der Waals surface area contributed by atoms with E-state index in [2.05, 4.69) is 15.3 Å². The van der Waals surface area contributed by atoms with Crippen molar-refractivity contribution in [3.63, 3.8) is 0 Å². The van der Waals surface area contributed by atoms with Gasteiger partial charge in [-0.2, -0.15) is 9.61 Å². The highest BCUT2D eigenvalue weighted by molar-refractivity contribution is 7.16. The largest absolute Gasteiger partial charge is 0.497 e. The topological polar surface area (TPSA) is 72.6 Å². The first-order chi connectivity index (χ1) is 13.1. The summed E-state index contributed by atoms with van der Waals surface area (Å²) in [5, 5.41) is 13.9. The Kier molecular flexibility index (Phi) is 5.07. The lowest BCUT2D eigenvalue weighted by Crippen LogP contribution is -2.38. The van der Waals surface area contributed by atoms with Crippen molar-refractivity contribution in [1.82, 2.24) is 24.7 Å². The average molecular weight is 385 g/mol. The molecule has 3 aromatic rings. The summed E-state index contributed by atoms with van der Waals surface area (Å²) in [5.74, 6) is 2.28. The van der Waals surface area contributed by atoms with Gasteiger partial charge in [-0.25, -0.2) is 0 Å². The Hall–Kier alpha value is -2.48. The molecule has 27 heavy (non-hydrogen) atoms. The van der Waals surface area contributed by atoms with Crippen LogP contribution in [-0.2, 0) is 11.2 Å². The van der Waals surface area contributed by atoms with Gasteiger partial charge in [0.2, 0.25) is 10.9 Å². The van der Waals surface area contributed by atoms with Gasteiger partial charge in [0.25, 0.3) is 0 Å². The number of aryl methyl sites for hydroxylation is 2. The first kappa shape index (κ1) is 17.9. The molecule has 0 aliphatic carbocycles. The lowest BCUT2D eigenvalue weighted by atomic mass is 9.97. The van der Waals surface area contributed by atoms with Crippen LogP contribution >= 0.6 is 11.3 Å². The minimum absolute atomic E-state index is 0.227. The number of methoxy groups -OCH3 is 1. The third-order valence-corrected chi connectivity index (χ3v) is 6.18. The van der Waals surface area contributed by atoms with E-state index in [0.29, 0.717) is 12.3 Å². The zero-order chi connectivity index (χ0) is 18.8. The average Bonchev–Trinajstić information content (AvgIpc) is 3.28. The Balaban J connectivity index is 1.31. The van der Waals surface area contributed by atoms with Crippen LogP contribution in [0.25, 0.3) is 4.96 Å². The van der Waals surface area contributed by atoms with Gasteiger partial charge >= 0.3 is 0 Å². The molecule has 0 spiro atoms. The van der Waals surface area contributed by atoms with Crippen molar-refractivity contribution in [2.45, 2.75) is 38.5 Å². The summed E-state index contributed by atoms with van der Waals surface area (Å²) in [6.07, 6.45) is 3.18. The van der Waals surface area contributed by atoms with Gasteiger partial charge in [0, 0.05) is 25.4 Å². The number of rotatable bonds is 5. The summed E-state index contributed by atoms with van der Waals surface area (Å²) in [5.41, 5.74) is 1.13. The van der Waals surface area contributed by atoms with Gasteiger partial charge < -0.3 is 9.64 Å². The van der Waals surface area contributed by atoms with E-state index in [1.165, 1.54) is 0 Å². The number of piperidine rings is 1. The maximum Gasteiger partial charge on any atom is 0.234 e. The van der Waals surface area contributed by atoms with Gasteiger partial charge in [0.05, 0.1) is 7.11 Å². The number of fused-ring (bicyclic) bond motifs is 1. The molecule has 1 fully saturated rings. The van der Waals surface area contributed by atoms with E-state index >= 15 is 0 Å². The molecule has 0 bridgehead atoms. The molecule has 0 saturated carbocycles. The van der Waals surface area contributed by atoms with Gasteiger partial charge in [0.1, 0.15) is 10.8 Å². The summed E-state index contributed by atoms with van der Waals surface area (Å²) in [7, 11) is 1.66. The first-order valence-electron chi connectivity index (χ1n) is 9.23. The molecular formula is C19H23N5O2S. The van der Waals surface area contributed by atoms with E-state index in [1.54, 1.807) is 18.4 Å². The molecule has 0 atom stereocenters. The fourth-order valence-corrected chi connectivity index (χ4v) is 4.56. The normalized spacial score (nSPS) is 15.4. The number of hydrogen-bond donors (Lipinski definition) is 0. The summed E-state index contributed by atoms with van der Waals surface area (Å²) < 4.78 is 7.06. The molecule has 8 heteroatoms. The molecule has 1 aliphatic heterocycles. The monoisotopic (exact) mass is 385 g/mol. The molecule has 1 aliphatic rings. The highest BCUT2D eigenvalue weighted by Crippen LogP contribution is 2.31. The first-order valence-corrected chi connectivity index (χ1v) is 10.0. The summed E-state index contributed by atoms with van der Waals surface area (Å²) in [6.45, 7) is 3.49. The molecule has 7 nitrogen and oxygen atoms in total. The Morgan fingerprint density at radius 2 is 2.11 bits per heavy atom. The lowest BCUT2D eigenvalue weighted by Gasteiger charge is -2.31. The fourth-order valence-electron chi connectivity index (χ4n) is 3.51. The summed E-state index contributed by atoms with van der Waals surface area (Å²) in [4.78, 5) is 15.4. The minimum atomic E-state index is 0.227. The van der Waals surface area contributed by atoms with Crippen LogP contribution in [-0.4, -0.2) is 50.8 Å². The number of ether oxygens (including phenoxy) is 1. The summed E-state index contributed by atoms with van der Waals surface area (Å²) in [6, 6.07) is 7.92. The fraction of sp³-hybridized carbons (Fsp3) is 0.474. The molecule has 1 aromatic carbocycles. The van der Waals surface area contributed by atoms with Gasteiger partial charge in [-0.15, -0.1) is 10.2 Å². The third kappa shape index (κ3) is 3.80. The Labute approximate surface area is 162 Å². The van der Waals surface area contributed by atoms with Crippen molar-refractivity contribution in [3.05, 3.63) is 40.7 Å². The second-order valence-electron chi connectivity index (χ2n) is 6.89. The van der Waals surface area contributed by atoms with Crippen molar-refractivity contribution >= 4 is 22.2 Å². The van der Waals surface area contributed by atoms with Crippen LogP contribution in [0.1, 0.15) is 41.6 Å². The Morgan fingerprint density at radius 1 is 1.30 bits per heavy atom. The van der Waals surface area contributed by atoms with Crippen LogP contribution in [0.5, 0.6) is 5.75 Å². The van der Waals surface area contributed by atoms with Crippen molar-refractivity contribution in [1.29, 1.82) is 0 Å².